The first-order chi connectivity index (χ1) is 11.9. The fourth-order valence-electron chi connectivity index (χ4n) is 3.24. The van der Waals surface area contributed by atoms with E-state index in [1.807, 2.05) is 0 Å². The molecule has 0 saturated carbocycles. The second-order valence-corrected chi connectivity index (χ2v) is 6.58. The van der Waals surface area contributed by atoms with Crippen LogP contribution in [0.2, 0.25) is 0 Å². The molecule has 0 spiro atoms. The number of nitrogens with zero attached hydrogens (tertiary/aromatic N) is 1. The molecule has 2 N–H and O–H groups in total. The highest BCUT2D eigenvalue weighted by molar-refractivity contribution is 5.93. The van der Waals surface area contributed by atoms with Gasteiger partial charge in [-0.1, -0.05) is 12.1 Å². The minimum atomic E-state index is -0.674. The number of aromatic nitrogens is 1. The number of aromatic amines is 1. The van der Waals surface area contributed by atoms with E-state index in [9.17, 15) is 19.1 Å². The van der Waals surface area contributed by atoms with Crippen molar-refractivity contribution in [1.29, 1.82) is 0 Å². The van der Waals surface area contributed by atoms with E-state index >= 15 is 0 Å². The smallest absolute Gasteiger partial charge is 0.260 e. The summed E-state index contributed by atoms with van der Waals surface area (Å²) in [7, 11) is 0. The third-order valence-corrected chi connectivity index (χ3v) is 4.71. The van der Waals surface area contributed by atoms with Crippen LogP contribution in [0.25, 0.3) is 0 Å². The number of rotatable bonds is 3. The maximum absolute atomic E-state index is 13.0. The zero-order chi connectivity index (χ0) is 18.0. The molecule has 2 atom stereocenters. The Kier molecular flexibility index (Phi) is 4.99. The Labute approximate surface area is 145 Å². The van der Waals surface area contributed by atoms with Crippen LogP contribution in [0.3, 0.4) is 0 Å². The molecule has 132 valence electrons. The van der Waals surface area contributed by atoms with E-state index in [2.05, 4.69) is 4.98 Å². The summed E-state index contributed by atoms with van der Waals surface area (Å²) in [6.45, 7) is 2.42. The van der Waals surface area contributed by atoms with E-state index in [0.717, 1.165) is 5.56 Å². The zero-order valence-electron chi connectivity index (χ0n) is 14.0. The van der Waals surface area contributed by atoms with E-state index in [-0.39, 0.29) is 29.8 Å². The summed E-state index contributed by atoms with van der Waals surface area (Å²) in [4.78, 5) is 28.6. The van der Waals surface area contributed by atoms with Crippen LogP contribution >= 0.6 is 0 Å². The number of β-amino-alcohol motifs (C(OH)–C–C–N with tert-alkyl or cyclic N) is 1. The van der Waals surface area contributed by atoms with Gasteiger partial charge in [-0.15, -0.1) is 0 Å². The number of aryl methyl sites for hydroxylation is 1. The van der Waals surface area contributed by atoms with Crippen LogP contribution in [0.1, 0.15) is 28.0 Å². The second kappa shape index (κ2) is 7.19. The molecular weight excluding hydrogens is 323 g/mol. The van der Waals surface area contributed by atoms with Gasteiger partial charge in [0.2, 0.25) is 0 Å². The highest BCUT2D eigenvalue weighted by Gasteiger charge is 2.31. The van der Waals surface area contributed by atoms with Crippen LogP contribution in [0, 0.1) is 18.7 Å². The van der Waals surface area contributed by atoms with Crippen LogP contribution < -0.4 is 5.56 Å². The summed E-state index contributed by atoms with van der Waals surface area (Å²) >= 11 is 0. The number of halogens is 1. The molecular formula is C19H21FN2O3. The number of benzene rings is 1. The number of hydrogen-bond acceptors (Lipinski definition) is 3. The number of pyridine rings is 1. The van der Waals surface area contributed by atoms with Crippen molar-refractivity contribution in [2.24, 2.45) is 5.92 Å². The third-order valence-electron chi connectivity index (χ3n) is 4.71. The predicted octanol–water partition coefficient (Wildman–Crippen LogP) is 1.89. The van der Waals surface area contributed by atoms with E-state index < -0.39 is 11.7 Å². The molecule has 1 aromatic carbocycles. The van der Waals surface area contributed by atoms with Crippen molar-refractivity contribution >= 4 is 5.91 Å². The monoisotopic (exact) mass is 344 g/mol. The molecule has 0 unspecified atom stereocenters. The van der Waals surface area contributed by atoms with E-state index in [1.54, 1.807) is 25.1 Å². The minimum Gasteiger partial charge on any atom is -0.391 e. The molecule has 6 heteroatoms. The van der Waals surface area contributed by atoms with E-state index in [0.29, 0.717) is 25.1 Å². The van der Waals surface area contributed by atoms with Gasteiger partial charge in [0.1, 0.15) is 11.4 Å². The highest BCUT2D eigenvalue weighted by Crippen LogP contribution is 2.23. The number of amides is 1. The molecule has 2 heterocycles. The third kappa shape index (κ3) is 3.96. The molecule has 1 fully saturated rings. The fraction of sp³-hybridized carbons (Fsp3) is 0.368. The molecule has 5 nitrogen and oxygen atoms in total. The van der Waals surface area contributed by atoms with Crippen molar-refractivity contribution in [2.75, 3.05) is 13.1 Å². The first-order valence-electron chi connectivity index (χ1n) is 8.36. The summed E-state index contributed by atoms with van der Waals surface area (Å²) in [5.41, 5.74) is 1.34. The van der Waals surface area contributed by atoms with Gasteiger partial charge in [-0.25, -0.2) is 4.39 Å². The summed E-state index contributed by atoms with van der Waals surface area (Å²) < 4.78 is 13.0. The molecule has 1 amide bonds. The van der Waals surface area contributed by atoms with Gasteiger partial charge in [0.05, 0.1) is 6.10 Å². The number of aliphatic hydroxyl groups excluding tert-OH is 1. The Morgan fingerprint density at radius 3 is 2.64 bits per heavy atom. The van der Waals surface area contributed by atoms with Gasteiger partial charge in [-0.05, 0) is 55.5 Å². The topological polar surface area (TPSA) is 73.4 Å². The summed E-state index contributed by atoms with van der Waals surface area (Å²) in [6, 6.07) is 9.45. The van der Waals surface area contributed by atoms with Gasteiger partial charge in [0.25, 0.3) is 11.5 Å². The molecule has 1 aliphatic heterocycles. The summed E-state index contributed by atoms with van der Waals surface area (Å²) in [5, 5.41) is 10.4. The number of nitrogens with one attached hydrogen (secondary N) is 1. The fourth-order valence-corrected chi connectivity index (χ4v) is 3.24. The van der Waals surface area contributed by atoms with Crippen molar-refractivity contribution < 1.29 is 14.3 Å². The molecule has 3 rings (SSSR count). The molecule has 0 aliphatic carbocycles. The number of carbonyl (C=O) groups is 1. The van der Waals surface area contributed by atoms with Gasteiger partial charge >= 0.3 is 0 Å². The SMILES string of the molecule is Cc1ccc(C(=O)N2CC[C@H](Cc3ccc(F)cc3)[C@@H](O)C2)c(=O)[nH]1. The quantitative estimate of drug-likeness (QED) is 0.893. The molecule has 0 bridgehead atoms. The van der Waals surface area contributed by atoms with Crippen molar-refractivity contribution in [3.05, 3.63) is 69.4 Å². The Morgan fingerprint density at radius 1 is 1.28 bits per heavy atom. The van der Waals surface area contributed by atoms with Gasteiger partial charge in [0.15, 0.2) is 0 Å². The first kappa shape index (κ1) is 17.4. The van der Waals surface area contributed by atoms with Crippen molar-refractivity contribution in [1.82, 2.24) is 9.88 Å². The molecule has 1 aromatic heterocycles. The van der Waals surface area contributed by atoms with Crippen LogP contribution in [0.5, 0.6) is 0 Å². The van der Waals surface area contributed by atoms with Crippen molar-refractivity contribution in [3.63, 3.8) is 0 Å². The number of aliphatic hydroxyl groups is 1. The standard InChI is InChI=1S/C19H21FN2O3/c1-12-2-7-16(18(24)21-12)19(25)22-9-8-14(17(23)11-22)10-13-3-5-15(20)6-4-13/h2-7,14,17,23H,8-11H2,1H3,(H,21,24)/t14-,17+/m1/s1. The lowest BCUT2D eigenvalue weighted by atomic mass is 9.87. The Hall–Kier alpha value is -2.47. The molecule has 1 aliphatic rings. The first-order valence-corrected chi connectivity index (χ1v) is 8.36. The van der Waals surface area contributed by atoms with Crippen LogP contribution in [-0.4, -0.2) is 40.1 Å². The van der Waals surface area contributed by atoms with E-state index in [4.69, 9.17) is 0 Å². The largest absolute Gasteiger partial charge is 0.391 e. The minimum absolute atomic E-state index is 0.00538. The normalized spacial score (nSPS) is 20.5. The maximum Gasteiger partial charge on any atom is 0.260 e. The summed E-state index contributed by atoms with van der Waals surface area (Å²) in [5.74, 6) is -0.639. The molecule has 0 radical (unpaired) electrons. The van der Waals surface area contributed by atoms with Crippen LogP contribution in [0.4, 0.5) is 4.39 Å². The van der Waals surface area contributed by atoms with Gasteiger partial charge < -0.3 is 15.0 Å². The number of likely N-dealkylation sites (tertiary alicyclic amines) is 1. The van der Waals surface area contributed by atoms with E-state index in [1.165, 1.54) is 23.1 Å². The molecule has 25 heavy (non-hydrogen) atoms. The van der Waals surface area contributed by atoms with Crippen molar-refractivity contribution in [2.45, 2.75) is 25.9 Å². The second-order valence-electron chi connectivity index (χ2n) is 6.58. The Bertz CT molecular complexity index is 816. The van der Waals surface area contributed by atoms with Crippen LogP contribution in [-0.2, 0) is 6.42 Å². The zero-order valence-corrected chi connectivity index (χ0v) is 14.0. The average molecular weight is 344 g/mol. The maximum atomic E-state index is 13.0. The van der Waals surface area contributed by atoms with Crippen LogP contribution in [0.15, 0.2) is 41.2 Å². The number of carbonyl (C=O) groups excluding carboxylic acids is 1. The average Bonchev–Trinajstić information content (AvgIpc) is 2.58. The number of piperidine rings is 1. The lowest BCUT2D eigenvalue weighted by Gasteiger charge is -2.36. The molecule has 1 saturated heterocycles. The highest BCUT2D eigenvalue weighted by atomic mass is 19.1. The van der Waals surface area contributed by atoms with Gasteiger partial charge in [0, 0.05) is 18.8 Å². The van der Waals surface area contributed by atoms with Crippen molar-refractivity contribution in [3.8, 4) is 0 Å². The number of H-pyrrole nitrogens is 1. The predicted molar refractivity (Wildman–Crippen MR) is 91.9 cm³/mol. The van der Waals surface area contributed by atoms with Gasteiger partial charge in [-0.2, -0.15) is 0 Å². The number of hydrogen-bond donors (Lipinski definition) is 2. The Balaban J connectivity index is 1.65. The Morgan fingerprint density at radius 2 is 2.00 bits per heavy atom. The van der Waals surface area contributed by atoms with Gasteiger partial charge in [-0.3, -0.25) is 9.59 Å². The molecule has 2 aromatic rings. The summed E-state index contributed by atoms with van der Waals surface area (Å²) in [6.07, 6.45) is 0.593. The lowest BCUT2D eigenvalue weighted by Crippen LogP contribution is -2.48. The lowest BCUT2D eigenvalue weighted by molar-refractivity contribution is 0.0197.